The lowest BCUT2D eigenvalue weighted by molar-refractivity contribution is 0.0505. The van der Waals surface area contributed by atoms with Crippen molar-refractivity contribution in [1.82, 2.24) is 14.9 Å². The molecule has 1 fully saturated rings. The number of carbonyl (C=O) groups excluding carboxylic acids is 1. The van der Waals surface area contributed by atoms with Crippen molar-refractivity contribution in [3.05, 3.63) is 59.4 Å². The number of fused-ring (bicyclic) bond motifs is 1. The molecule has 1 amide bonds. The number of aryl methyl sites for hydroxylation is 1. The lowest BCUT2D eigenvalue weighted by atomic mass is 9.95. The van der Waals surface area contributed by atoms with E-state index < -0.39 is 13.9 Å². The molecular formula is C38H56N6O3Si. The molecule has 2 aromatic heterocycles. The number of rotatable bonds is 9. The lowest BCUT2D eigenvalue weighted by Gasteiger charge is -2.36. The SMILES string of the molecule is CCc1cc(O[Si](C)(C)C(C)(C)C)ccc1N=C(N)c1cnn2cc(C3=CCCCC3)cc2c1N[C@@H]1CC[C@H](NC(=O)OC(C)(C)C)C1. The molecule has 2 heterocycles. The molecule has 9 nitrogen and oxygen atoms in total. The average Bonchev–Trinajstić information content (AvgIpc) is 3.63. The van der Waals surface area contributed by atoms with Crippen molar-refractivity contribution >= 4 is 42.7 Å². The Morgan fingerprint density at radius 3 is 2.52 bits per heavy atom. The maximum atomic E-state index is 12.5. The van der Waals surface area contributed by atoms with E-state index in [2.05, 4.69) is 75.8 Å². The molecule has 260 valence electrons. The number of aliphatic imine (C=N–C) groups is 1. The van der Waals surface area contributed by atoms with Gasteiger partial charge in [-0.3, -0.25) is 0 Å². The summed E-state index contributed by atoms with van der Waals surface area (Å²) in [5.41, 5.74) is 13.4. The summed E-state index contributed by atoms with van der Waals surface area (Å²) >= 11 is 0. The van der Waals surface area contributed by atoms with Crippen molar-refractivity contribution in [2.24, 2.45) is 10.7 Å². The first-order valence-corrected chi connectivity index (χ1v) is 20.6. The molecular weight excluding hydrogens is 617 g/mol. The number of hydrogen-bond donors (Lipinski definition) is 3. The van der Waals surface area contributed by atoms with E-state index in [1.54, 1.807) is 0 Å². The number of aromatic nitrogens is 2. The van der Waals surface area contributed by atoms with Gasteiger partial charge in [0.25, 0.3) is 0 Å². The molecule has 1 saturated carbocycles. The highest BCUT2D eigenvalue weighted by molar-refractivity contribution is 6.74. The number of amides is 1. The van der Waals surface area contributed by atoms with Crippen LogP contribution < -0.4 is 20.8 Å². The number of allylic oxidation sites excluding steroid dienone is 2. The number of nitrogens with one attached hydrogen (secondary N) is 2. The zero-order valence-corrected chi connectivity index (χ0v) is 31.5. The highest BCUT2D eigenvalue weighted by Crippen LogP contribution is 2.39. The van der Waals surface area contributed by atoms with Crippen molar-refractivity contribution < 1.29 is 14.0 Å². The van der Waals surface area contributed by atoms with E-state index in [1.807, 2.05) is 43.6 Å². The van der Waals surface area contributed by atoms with Crippen LogP contribution in [-0.4, -0.2) is 47.5 Å². The Bertz CT molecular complexity index is 1690. The van der Waals surface area contributed by atoms with Crippen molar-refractivity contribution in [2.45, 2.75) is 136 Å². The minimum Gasteiger partial charge on any atom is -0.543 e. The van der Waals surface area contributed by atoms with E-state index in [0.717, 1.165) is 72.3 Å². The van der Waals surface area contributed by atoms with Crippen LogP contribution in [0, 0.1) is 0 Å². The van der Waals surface area contributed by atoms with Crippen LogP contribution in [0.3, 0.4) is 0 Å². The Balaban J connectivity index is 1.47. The predicted octanol–water partition coefficient (Wildman–Crippen LogP) is 9.13. The normalized spacial score (nSPS) is 19.3. The number of ether oxygens (including phenoxy) is 1. The number of alkyl carbamates (subject to hydrolysis) is 1. The van der Waals surface area contributed by atoms with Crippen LogP contribution >= 0.6 is 0 Å². The minimum absolute atomic E-state index is 0.0265. The molecule has 2 atom stereocenters. The molecule has 0 saturated heterocycles. The molecule has 5 rings (SSSR count). The Hall–Kier alpha value is -3.79. The highest BCUT2D eigenvalue weighted by Gasteiger charge is 2.39. The quantitative estimate of drug-likeness (QED) is 0.119. The van der Waals surface area contributed by atoms with Crippen LogP contribution in [0.4, 0.5) is 16.2 Å². The van der Waals surface area contributed by atoms with Gasteiger partial charge in [-0.2, -0.15) is 5.10 Å². The van der Waals surface area contributed by atoms with Gasteiger partial charge in [-0.05, 0) is 131 Å². The summed E-state index contributed by atoms with van der Waals surface area (Å²) in [5.74, 6) is 1.29. The number of nitrogens with two attached hydrogens (primary N) is 1. The van der Waals surface area contributed by atoms with Crippen molar-refractivity contribution in [3.63, 3.8) is 0 Å². The van der Waals surface area contributed by atoms with Crippen molar-refractivity contribution in [1.29, 1.82) is 0 Å². The van der Waals surface area contributed by atoms with Gasteiger partial charge in [-0.25, -0.2) is 14.3 Å². The van der Waals surface area contributed by atoms with E-state index in [9.17, 15) is 4.79 Å². The number of hydrogen-bond acceptors (Lipinski definition) is 6. The summed E-state index contributed by atoms with van der Waals surface area (Å²) in [6, 6.07) is 8.52. The molecule has 4 N–H and O–H groups in total. The second-order valence-corrected chi connectivity index (χ2v) is 20.7. The molecule has 0 spiro atoms. The van der Waals surface area contributed by atoms with Crippen LogP contribution in [0.15, 0.2) is 47.7 Å². The fourth-order valence-electron chi connectivity index (χ4n) is 6.26. The lowest BCUT2D eigenvalue weighted by Crippen LogP contribution is -2.43. The van der Waals surface area contributed by atoms with Crippen LogP contribution in [0.5, 0.6) is 5.75 Å². The zero-order valence-electron chi connectivity index (χ0n) is 30.5. The molecule has 0 aliphatic heterocycles. The smallest absolute Gasteiger partial charge is 0.407 e. The van der Waals surface area contributed by atoms with Gasteiger partial charge in [-0.1, -0.05) is 33.8 Å². The summed E-state index contributed by atoms with van der Waals surface area (Å²) in [5, 5.41) is 11.8. The Morgan fingerprint density at radius 2 is 1.85 bits per heavy atom. The number of amidine groups is 1. The van der Waals surface area contributed by atoms with Gasteiger partial charge in [0.05, 0.1) is 28.7 Å². The Labute approximate surface area is 287 Å². The first-order chi connectivity index (χ1) is 22.5. The minimum atomic E-state index is -1.98. The van der Waals surface area contributed by atoms with Crippen LogP contribution in [-0.2, 0) is 11.2 Å². The van der Waals surface area contributed by atoms with Gasteiger partial charge in [-0.15, -0.1) is 0 Å². The third-order valence-corrected chi connectivity index (χ3v) is 14.3. The van der Waals surface area contributed by atoms with Crippen molar-refractivity contribution in [2.75, 3.05) is 5.32 Å². The summed E-state index contributed by atoms with van der Waals surface area (Å²) in [6.07, 6.45) is 13.9. The molecule has 0 radical (unpaired) electrons. The first kappa shape index (κ1) is 35.5. The monoisotopic (exact) mass is 672 g/mol. The number of carbonyl (C=O) groups is 1. The molecule has 10 heteroatoms. The van der Waals surface area contributed by atoms with Gasteiger partial charge in [0.15, 0.2) is 0 Å². The predicted molar refractivity (Wildman–Crippen MR) is 200 cm³/mol. The van der Waals surface area contributed by atoms with E-state index in [0.29, 0.717) is 5.84 Å². The fraction of sp³-hybridized carbons (Fsp3) is 0.553. The second-order valence-electron chi connectivity index (χ2n) is 16.0. The number of anilines is 1. The van der Waals surface area contributed by atoms with Gasteiger partial charge in [0.2, 0.25) is 8.32 Å². The molecule has 1 aromatic carbocycles. The summed E-state index contributed by atoms with van der Waals surface area (Å²) in [6.45, 7) is 19.0. The van der Waals surface area contributed by atoms with E-state index in [1.165, 1.54) is 24.0 Å². The largest absolute Gasteiger partial charge is 0.543 e. The average molecular weight is 673 g/mol. The Morgan fingerprint density at radius 1 is 1.10 bits per heavy atom. The van der Waals surface area contributed by atoms with E-state index in [4.69, 9.17) is 25.0 Å². The van der Waals surface area contributed by atoms with Gasteiger partial charge in [0, 0.05) is 18.3 Å². The molecule has 2 aliphatic carbocycles. The van der Waals surface area contributed by atoms with Gasteiger partial charge in [0.1, 0.15) is 17.2 Å². The van der Waals surface area contributed by atoms with E-state index >= 15 is 0 Å². The first-order valence-electron chi connectivity index (χ1n) is 17.7. The fourth-order valence-corrected chi connectivity index (χ4v) is 7.28. The zero-order chi connectivity index (χ0) is 34.9. The Kier molecular flexibility index (Phi) is 10.3. The van der Waals surface area contributed by atoms with Crippen LogP contribution in [0.2, 0.25) is 18.1 Å². The molecule has 0 bridgehead atoms. The van der Waals surface area contributed by atoms with Crippen molar-refractivity contribution in [3.8, 4) is 5.75 Å². The molecule has 48 heavy (non-hydrogen) atoms. The van der Waals surface area contributed by atoms with E-state index in [-0.39, 0.29) is 23.2 Å². The van der Waals surface area contributed by atoms with Gasteiger partial charge >= 0.3 is 6.09 Å². The van der Waals surface area contributed by atoms with Gasteiger partial charge < -0.3 is 25.5 Å². The third-order valence-electron chi connectivity index (χ3n) is 9.93. The summed E-state index contributed by atoms with van der Waals surface area (Å²) < 4.78 is 14.1. The standard InChI is InChI=1S/C38H56N6O3Si/c1-10-25-20-30(47-48(8,9)38(5,6)7)18-19-32(25)43-35(39)31-23-40-44-24-27(26-14-12-11-13-15-26)21-33(44)34(31)41-28-16-17-29(22-28)42-36(45)46-37(2,3)4/h14,18-21,23-24,28-29,41H,10-13,15-17,22H2,1-9H3,(H2,39,43)(H,42,45)/t28-,29+/m1/s1. The number of nitrogens with zero attached hydrogens (tertiary/aromatic N) is 3. The molecule has 0 unspecified atom stereocenters. The van der Waals surface area contributed by atoms with Crippen LogP contribution in [0.25, 0.3) is 11.1 Å². The second kappa shape index (κ2) is 14.0. The summed E-state index contributed by atoms with van der Waals surface area (Å²) in [4.78, 5) is 17.5. The maximum Gasteiger partial charge on any atom is 0.407 e. The highest BCUT2D eigenvalue weighted by atomic mass is 28.4. The number of benzene rings is 1. The molecule has 3 aromatic rings. The van der Waals surface area contributed by atoms with Crippen LogP contribution in [0.1, 0.15) is 110 Å². The molecule has 2 aliphatic rings. The third kappa shape index (κ3) is 8.43. The summed E-state index contributed by atoms with van der Waals surface area (Å²) in [7, 11) is -1.98. The topological polar surface area (TPSA) is 115 Å². The maximum absolute atomic E-state index is 12.5.